The molecular weight excluding hydrogens is 325 g/mol. The molecule has 0 aliphatic carbocycles. The maximum atomic E-state index is 13.1. The van der Waals surface area contributed by atoms with Crippen molar-refractivity contribution >= 4 is 5.91 Å². The number of carbonyl (C=O) groups excluding carboxylic acids is 1. The van der Waals surface area contributed by atoms with Gasteiger partial charge in [-0.1, -0.05) is 5.16 Å². The lowest BCUT2D eigenvalue weighted by atomic mass is 10.0. The normalized spacial score (nSPS) is 12.0. The largest absolute Gasteiger partial charge is 0.388 e. The number of rotatable bonds is 5. The molecule has 1 atom stereocenters. The van der Waals surface area contributed by atoms with Crippen LogP contribution in [0.4, 0.5) is 4.39 Å². The summed E-state index contributed by atoms with van der Waals surface area (Å²) in [4.78, 5) is 16.3. The molecule has 3 aromatic rings. The Morgan fingerprint density at radius 2 is 1.92 bits per heavy atom. The molecule has 1 unspecified atom stereocenters. The molecule has 0 bridgehead atoms. The topological polar surface area (TPSA) is 88.2 Å². The first-order valence-corrected chi connectivity index (χ1v) is 7.67. The summed E-state index contributed by atoms with van der Waals surface area (Å²) < 4.78 is 18.3. The Bertz CT molecular complexity index is 861. The number of nitrogens with one attached hydrogen (secondary N) is 1. The Morgan fingerprint density at radius 3 is 2.56 bits per heavy atom. The highest BCUT2D eigenvalue weighted by Crippen LogP contribution is 2.30. The van der Waals surface area contributed by atoms with Gasteiger partial charge in [-0.3, -0.25) is 9.78 Å². The molecule has 0 saturated heterocycles. The summed E-state index contributed by atoms with van der Waals surface area (Å²) >= 11 is 0. The third-order valence-corrected chi connectivity index (χ3v) is 3.67. The van der Waals surface area contributed by atoms with Crippen molar-refractivity contribution in [3.63, 3.8) is 0 Å². The summed E-state index contributed by atoms with van der Waals surface area (Å²) in [7, 11) is 0. The minimum atomic E-state index is -0.979. The van der Waals surface area contributed by atoms with Crippen LogP contribution in [0.25, 0.3) is 11.3 Å². The standard InChI is InChI=1S/C18H16FN3O3/c1-11(23)15-16(13-2-4-14(19)5-3-13)22-25-17(15)18(24)21-10-12-6-8-20-9-7-12/h2-9,11,23H,10H2,1H3,(H,21,24). The van der Waals surface area contributed by atoms with Crippen molar-refractivity contribution in [2.75, 3.05) is 0 Å². The van der Waals surface area contributed by atoms with E-state index in [9.17, 15) is 14.3 Å². The molecule has 0 aliphatic heterocycles. The summed E-state index contributed by atoms with van der Waals surface area (Å²) in [5, 5.41) is 16.7. The van der Waals surface area contributed by atoms with E-state index in [-0.39, 0.29) is 23.7 Å². The van der Waals surface area contributed by atoms with E-state index in [4.69, 9.17) is 4.52 Å². The van der Waals surface area contributed by atoms with Gasteiger partial charge < -0.3 is 14.9 Å². The molecule has 128 valence electrons. The number of hydrogen-bond donors (Lipinski definition) is 2. The first-order chi connectivity index (χ1) is 12.1. The number of pyridine rings is 1. The molecule has 25 heavy (non-hydrogen) atoms. The predicted molar refractivity (Wildman–Crippen MR) is 87.9 cm³/mol. The fourth-order valence-electron chi connectivity index (χ4n) is 2.43. The minimum absolute atomic E-state index is 0.0663. The zero-order chi connectivity index (χ0) is 17.8. The Hall–Kier alpha value is -3.06. The summed E-state index contributed by atoms with van der Waals surface area (Å²) in [6, 6.07) is 9.13. The lowest BCUT2D eigenvalue weighted by molar-refractivity contribution is 0.0905. The summed E-state index contributed by atoms with van der Waals surface area (Å²) in [6.07, 6.45) is 2.28. The molecule has 6 nitrogen and oxygen atoms in total. The van der Waals surface area contributed by atoms with E-state index in [1.54, 1.807) is 24.5 Å². The second-order valence-electron chi connectivity index (χ2n) is 5.49. The number of nitrogens with zero attached hydrogens (tertiary/aromatic N) is 2. The van der Waals surface area contributed by atoms with Gasteiger partial charge in [-0.15, -0.1) is 0 Å². The monoisotopic (exact) mass is 341 g/mol. The van der Waals surface area contributed by atoms with Crippen LogP contribution in [0.3, 0.4) is 0 Å². The third kappa shape index (κ3) is 3.72. The zero-order valence-corrected chi connectivity index (χ0v) is 13.4. The average molecular weight is 341 g/mol. The predicted octanol–water partition coefficient (Wildman–Crippen LogP) is 2.86. The van der Waals surface area contributed by atoms with Crippen LogP contribution >= 0.6 is 0 Å². The highest BCUT2D eigenvalue weighted by molar-refractivity contribution is 5.94. The molecule has 0 radical (unpaired) electrons. The van der Waals surface area contributed by atoms with Gasteiger partial charge in [0.2, 0.25) is 5.76 Å². The molecule has 0 fully saturated rings. The molecule has 0 spiro atoms. The van der Waals surface area contributed by atoms with Gasteiger partial charge in [0, 0.05) is 24.5 Å². The Balaban J connectivity index is 1.86. The fourth-order valence-corrected chi connectivity index (χ4v) is 2.43. The van der Waals surface area contributed by atoms with Crippen LogP contribution in [0.1, 0.15) is 34.7 Å². The molecule has 7 heteroatoms. The van der Waals surface area contributed by atoms with Crippen LogP contribution in [0.5, 0.6) is 0 Å². The third-order valence-electron chi connectivity index (χ3n) is 3.67. The fraction of sp³-hybridized carbons (Fsp3) is 0.167. The Labute approximate surface area is 143 Å². The van der Waals surface area contributed by atoms with Crippen LogP contribution in [0.2, 0.25) is 0 Å². The number of halogens is 1. The number of carbonyl (C=O) groups is 1. The molecular formula is C18H16FN3O3. The Morgan fingerprint density at radius 1 is 1.24 bits per heavy atom. The van der Waals surface area contributed by atoms with Gasteiger partial charge in [0.05, 0.1) is 11.7 Å². The quantitative estimate of drug-likeness (QED) is 0.745. The highest BCUT2D eigenvalue weighted by Gasteiger charge is 2.26. The van der Waals surface area contributed by atoms with E-state index in [1.807, 2.05) is 0 Å². The first-order valence-electron chi connectivity index (χ1n) is 7.67. The van der Waals surface area contributed by atoms with Gasteiger partial charge in [-0.25, -0.2) is 4.39 Å². The van der Waals surface area contributed by atoms with Crippen molar-refractivity contribution in [2.45, 2.75) is 19.6 Å². The average Bonchev–Trinajstić information content (AvgIpc) is 3.06. The van der Waals surface area contributed by atoms with Gasteiger partial charge in [-0.2, -0.15) is 0 Å². The molecule has 2 aromatic heterocycles. The maximum Gasteiger partial charge on any atom is 0.290 e. The van der Waals surface area contributed by atoms with Crippen LogP contribution in [-0.4, -0.2) is 21.2 Å². The van der Waals surface area contributed by atoms with Crippen LogP contribution in [-0.2, 0) is 6.54 Å². The van der Waals surface area contributed by atoms with Crippen molar-refractivity contribution in [1.29, 1.82) is 0 Å². The van der Waals surface area contributed by atoms with Gasteiger partial charge in [0.1, 0.15) is 11.5 Å². The maximum absolute atomic E-state index is 13.1. The number of benzene rings is 1. The van der Waals surface area contributed by atoms with Crippen LogP contribution in [0.15, 0.2) is 53.3 Å². The van der Waals surface area contributed by atoms with Crippen LogP contribution < -0.4 is 5.32 Å². The number of aliphatic hydroxyl groups excluding tert-OH is 1. The number of aromatic nitrogens is 2. The summed E-state index contributed by atoms with van der Waals surface area (Å²) in [6.45, 7) is 1.80. The summed E-state index contributed by atoms with van der Waals surface area (Å²) in [5.41, 5.74) is 2.00. The summed E-state index contributed by atoms with van der Waals surface area (Å²) in [5.74, 6) is -0.946. The second kappa shape index (κ2) is 7.23. The minimum Gasteiger partial charge on any atom is -0.388 e. The van der Waals surface area contributed by atoms with E-state index in [0.717, 1.165) is 5.56 Å². The number of amides is 1. The SMILES string of the molecule is CC(O)c1c(-c2ccc(F)cc2)noc1C(=O)NCc1ccncc1. The molecule has 3 rings (SSSR count). The van der Waals surface area contributed by atoms with E-state index in [2.05, 4.69) is 15.5 Å². The van der Waals surface area contributed by atoms with Gasteiger partial charge in [0.15, 0.2) is 0 Å². The zero-order valence-electron chi connectivity index (χ0n) is 13.4. The first kappa shape index (κ1) is 16.8. The van der Waals surface area contributed by atoms with Gasteiger partial charge in [0.25, 0.3) is 5.91 Å². The van der Waals surface area contributed by atoms with Gasteiger partial charge >= 0.3 is 0 Å². The molecule has 2 N–H and O–H groups in total. The van der Waals surface area contributed by atoms with E-state index < -0.39 is 12.0 Å². The Kier molecular flexibility index (Phi) is 4.85. The molecule has 2 heterocycles. The molecule has 1 aromatic carbocycles. The molecule has 0 aliphatic rings. The highest BCUT2D eigenvalue weighted by atomic mass is 19.1. The van der Waals surface area contributed by atoms with E-state index in [0.29, 0.717) is 11.3 Å². The van der Waals surface area contributed by atoms with Crippen molar-refractivity contribution in [3.8, 4) is 11.3 Å². The lowest BCUT2D eigenvalue weighted by Gasteiger charge is -2.08. The van der Waals surface area contributed by atoms with E-state index in [1.165, 1.54) is 31.2 Å². The second-order valence-corrected chi connectivity index (χ2v) is 5.49. The number of aliphatic hydroxyl groups is 1. The lowest BCUT2D eigenvalue weighted by Crippen LogP contribution is -2.23. The van der Waals surface area contributed by atoms with Crippen molar-refractivity contribution in [2.24, 2.45) is 0 Å². The van der Waals surface area contributed by atoms with E-state index >= 15 is 0 Å². The van der Waals surface area contributed by atoms with Crippen molar-refractivity contribution in [1.82, 2.24) is 15.5 Å². The van der Waals surface area contributed by atoms with Gasteiger partial charge in [-0.05, 0) is 48.9 Å². The van der Waals surface area contributed by atoms with Crippen molar-refractivity contribution < 1.29 is 18.8 Å². The smallest absolute Gasteiger partial charge is 0.290 e. The number of hydrogen-bond acceptors (Lipinski definition) is 5. The van der Waals surface area contributed by atoms with Crippen LogP contribution in [0, 0.1) is 5.82 Å². The van der Waals surface area contributed by atoms with Crippen molar-refractivity contribution in [3.05, 3.63) is 71.5 Å². The molecule has 0 saturated carbocycles. The molecule has 1 amide bonds.